The average Bonchev–Trinajstić information content (AvgIpc) is 2.79. The van der Waals surface area contributed by atoms with E-state index in [0.29, 0.717) is 12.2 Å². The Labute approximate surface area is 108 Å². The summed E-state index contributed by atoms with van der Waals surface area (Å²) in [5.74, 6) is 0.618. The number of aryl methyl sites for hydroxylation is 1. The second-order valence-electron chi connectivity index (χ2n) is 5.50. The van der Waals surface area contributed by atoms with Crippen LogP contribution in [0.2, 0.25) is 0 Å². The number of hydrogen-bond donors (Lipinski definition) is 2. The number of nitrogens with two attached hydrogens (primary N) is 1. The van der Waals surface area contributed by atoms with E-state index in [-0.39, 0.29) is 11.4 Å². The van der Waals surface area contributed by atoms with Gasteiger partial charge in [0.05, 0.1) is 5.54 Å². The highest BCUT2D eigenvalue weighted by atomic mass is 16.2. The molecule has 0 saturated heterocycles. The van der Waals surface area contributed by atoms with Gasteiger partial charge in [-0.25, -0.2) is 0 Å². The molecule has 5 nitrogen and oxygen atoms in total. The first-order chi connectivity index (χ1) is 8.54. The van der Waals surface area contributed by atoms with Crippen molar-refractivity contribution in [3.63, 3.8) is 0 Å². The molecule has 5 heteroatoms. The first-order valence-corrected chi connectivity index (χ1v) is 6.57. The Bertz CT molecular complexity index is 418. The van der Waals surface area contributed by atoms with Crippen LogP contribution in [0.25, 0.3) is 0 Å². The lowest BCUT2D eigenvalue weighted by molar-refractivity contribution is 0.0854. The third kappa shape index (κ3) is 2.72. The van der Waals surface area contributed by atoms with Crippen molar-refractivity contribution in [1.29, 1.82) is 0 Å². The predicted octanol–water partition coefficient (Wildman–Crippen LogP) is 1.06. The zero-order valence-electron chi connectivity index (χ0n) is 11.1. The zero-order chi connectivity index (χ0) is 13.2. The van der Waals surface area contributed by atoms with Gasteiger partial charge in [-0.2, -0.15) is 5.10 Å². The SMILES string of the molecule is CC1CCC(CN)(NC(=O)c2ccn(C)n2)CC1. The third-order valence-electron chi connectivity index (χ3n) is 3.95. The van der Waals surface area contributed by atoms with Crippen molar-refractivity contribution in [3.05, 3.63) is 18.0 Å². The van der Waals surface area contributed by atoms with Crippen LogP contribution >= 0.6 is 0 Å². The minimum atomic E-state index is -0.235. The van der Waals surface area contributed by atoms with Crippen molar-refractivity contribution in [3.8, 4) is 0 Å². The van der Waals surface area contributed by atoms with Gasteiger partial charge in [-0.15, -0.1) is 0 Å². The number of hydrogen-bond acceptors (Lipinski definition) is 3. The molecule has 0 radical (unpaired) electrons. The highest BCUT2D eigenvalue weighted by Crippen LogP contribution is 2.31. The monoisotopic (exact) mass is 250 g/mol. The smallest absolute Gasteiger partial charge is 0.272 e. The fourth-order valence-corrected chi connectivity index (χ4v) is 2.54. The third-order valence-corrected chi connectivity index (χ3v) is 3.95. The van der Waals surface area contributed by atoms with E-state index >= 15 is 0 Å². The summed E-state index contributed by atoms with van der Waals surface area (Å²) in [5.41, 5.74) is 6.10. The molecule has 0 bridgehead atoms. The number of carbonyl (C=O) groups excluding carboxylic acids is 1. The molecule has 100 valence electrons. The molecule has 2 rings (SSSR count). The van der Waals surface area contributed by atoms with Crippen LogP contribution in [0, 0.1) is 5.92 Å². The number of rotatable bonds is 3. The van der Waals surface area contributed by atoms with Gasteiger partial charge in [0, 0.05) is 19.8 Å². The summed E-state index contributed by atoms with van der Waals surface area (Å²) in [4.78, 5) is 12.1. The molecule has 18 heavy (non-hydrogen) atoms. The molecule has 1 aliphatic rings. The molecule has 1 fully saturated rings. The van der Waals surface area contributed by atoms with Gasteiger partial charge < -0.3 is 11.1 Å². The number of amides is 1. The van der Waals surface area contributed by atoms with Crippen LogP contribution in [0.5, 0.6) is 0 Å². The maximum atomic E-state index is 12.1. The molecule has 1 aliphatic carbocycles. The summed E-state index contributed by atoms with van der Waals surface area (Å²) < 4.78 is 1.63. The summed E-state index contributed by atoms with van der Waals surface area (Å²) in [6, 6.07) is 1.73. The van der Waals surface area contributed by atoms with E-state index in [0.717, 1.165) is 31.6 Å². The molecular weight excluding hydrogens is 228 g/mol. The molecule has 0 unspecified atom stereocenters. The summed E-state index contributed by atoms with van der Waals surface area (Å²) >= 11 is 0. The Balaban J connectivity index is 2.04. The molecular formula is C13H22N4O. The van der Waals surface area contributed by atoms with E-state index in [9.17, 15) is 4.79 Å². The van der Waals surface area contributed by atoms with Crippen LogP contribution in [-0.4, -0.2) is 27.8 Å². The van der Waals surface area contributed by atoms with Gasteiger partial charge in [-0.05, 0) is 37.7 Å². The van der Waals surface area contributed by atoms with Crippen LogP contribution < -0.4 is 11.1 Å². The first kappa shape index (κ1) is 13.1. The Morgan fingerprint density at radius 2 is 2.28 bits per heavy atom. The predicted molar refractivity (Wildman–Crippen MR) is 70.1 cm³/mol. The lowest BCUT2D eigenvalue weighted by Crippen LogP contribution is -2.55. The van der Waals surface area contributed by atoms with Crippen molar-refractivity contribution in [2.45, 2.75) is 38.1 Å². The van der Waals surface area contributed by atoms with Gasteiger partial charge in [0.25, 0.3) is 5.91 Å². The van der Waals surface area contributed by atoms with E-state index in [4.69, 9.17) is 5.73 Å². The van der Waals surface area contributed by atoms with Crippen molar-refractivity contribution in [2.24, 2.45) is 18.7 Å². The lowest BCUT2D eigenvalue weighted by Gasteiger charge is -2.39. The maximum Gasteiger partial charge on any atom is 0.272 e. The van der Waals surface area contributed by atoms with Crippen LogP contribution in [0.1, 0.15) is 43.1 Å². The van der Waals surface area contributed by atoms with E-state index in [1.165, 1.54) is 0 Å². The maximum absolute atomic E-state index is 12.1. The van der Waals surface area contributed by atoms with Gasteiger partial charge in [0.2, 0.25) is 0 Å². The second-order valence-corrected chi connectivity index (χ2v) is 5.50. The fourth-order valence-electron chi connectivity index (χ4n) is 2.54. The Morgan fingerprint density at radius 3 is 2.78 bits per heavy atom. The molecule has 1 aromatic heterocycles. The van der Waals surface area contributed by atoms with Crippen LogP contribution in [-0.2, 0) is 7.05 Å². The van der Waals surface area contributed by atoms with Gasteiger partial charge in [0.1, 0.15) is 5.69 Å². The Morgan fingerprint density at radius 1 is 1.61 bits per heavy atom. The molecule has 1 aromatic rings. The van der Waals surface area contributed by atoms with E-state index < -0.39 is 0 Å². The largest absolute Gasteiger partial charge is 0.344 e. The molecule has 3 N–H and O–H groups in total. The summed E-state index contributed by atoms with van der Waals surface area (Å²) in [6.07, 6.45) is 5.94. The Kier molecular flexibility index (Phi) is 3.71. The highest BCUT2D eigenvalue weighted by molar-refractivity contribution is 5.92. The van der Waals surface area contributed by atoms with E-state index in [1.54, 1.807) is 24.0 Å². The van der Waals surface area contributed by atoms with Crippen molar-refractivity contribution < 1.29 is 4.79 Å². The average molecular weight is 250 g/mol. The molecule has 0 atom stereocenters. The van der Waals surface area contributed by atoms with Crippen LogP contribution in [0.3, 0.4) is 0 Å². The lowest BCUT2D eigenvalue weighted by atomic mass is 9.77. The molecule has 0 aliphatic heterocycles. The summed E-state index contributed by atoms with van der Waals surface area (Å²) in [6.45, 7) is 2.75. The van der Waals surface area contributed by atoms with Crippen molar-refractivity contribution in [2.75, 3.05) is 6.54 Å². The minimum Gasteiger partial charge on any atom is -0.344 e. The number of nitrogens with one attached hydrogen (secondary N) is 1. The van der Waals surface area contributed by atoms with Crippen LogP contribution in [0.4, 0.5) is 0 Å². The number of aromatic nitrogens is 2. The molecule has 1 heterocycles. The van der Waals surface area contributed by atoms with Gasteiger partial charge in [0.15, 0.2) is 0 Å². The fraction of sp³-hybridized carbons (Fsp3) is 0.692. The Hall–Kier alpha value is -1.36. The van der Waals surface area contributed by atoms with E-state index in [2.05, 4.69) is 17.3 Å². The number of nitrogens with zero attached hydrogens (tertiary/aromatic N) is 2. The topological polar surface area (TPSA) is 72.9 Å². The summed E-state index contributed by atoms with van der Waals surface area (Å²) in [5, 5.41) is 7.21. The van der Waals surface area contributed by atoms with Crippen molar-refractivity contribution in [1.82, 2.24) is 15.1 Å². The minimum absolute atomic E-state index is 0.115. The van der Waals surface area contributed by atoms with E-state index in [1.807, 2.05) is 0 Å². The quantitative estimate of drug-likeness (QED) is 0.842. The van der Waals surface area contributed by atoms with Gasteiger partial charge in [-0.1, -0.05) is 6.92 Å². The van der Waals surface area contributed by atoms with Gasteiger partial charge in [-0.3, -0.25) is 9.48 Å². The summed E-state index contributed by atoms with van der Waals surface area (Å²) in [7, 11) is 1.80. The number of carbonyl (C=O) groups is 1. The molecule has 0 aromatic carbocycles. The van der Waals surface area contributed by atoms with Crippen molar-refractivity contribution >= 4 is 5.91 Å². The zero-order valence-corrected chi connectivity index (χ0v) is 11.1. The van der Waals surface area contributed by atoms with Crippen LogP contribution in [0.15, 0.2) is 12.3 Å². The molecule has 0 spiro atoms. The van der Waals surface area contributed by atoms with Gasteiger partial charge >= 0.3 is 0 Å². The standard InChI is InChI=1S/C13H22N4O/c1-10-3-6-13(9-14,7-4-10)15-12(18)11-5-8-17(2)16-11/h5,8,10H,3-4,6-7,9,14H2,1-2H3,(H,15,18). The second kappa shape index (κ2) is 5.10. The molecule has 1 saturated carbocycles. The molecule has 1 amide bonds. The highest BCUT2D eigenvalue weighted by Gasteiger charge is 2.34. The normalized spacial score (nSPS) is 28.1. The first-order valence-electron chi connectivity index (χ1n) is 6.57.